The highest BCUT2D eigenvalue weighted by molar-refractivity contribution is 6.00. The maximum atomic E-state index is 15.9. The van der Waals surface area contributed by atoms with E-state index in [1.54, 1.807) is 6.07 Å². The second-order valence-electron chi connectivity index (χ2n) is 8.27. The number of hydrogen-bond donors (Lipinski definition) is 0. The van der Waals surface area contributed by atoms with E-state index in [1.807, 2.05) is 25.7 Å². The number of fused-ring (bicyclic) bond motifs is 1. The number of benzene rings is 1. The lowest BCUT2D eigenvalue weighted by atomic mass is 10.0. The van der Waals surface area contributed by atoms with Crippen LogP contribution in [0.1, 0.15) is 39.0 Å². The molecule has 2 aromatic rings. The predicted octanol–water partition coefficient (Wildman–Crippen LogP) is 3.36. The predicted molar refractivity (Wildman–Crippen MR) is 109 cm³/mol. The Labute approximate surface area is 178 Å². The Bertz CT molecular complexity index is 981. The Balaban J connectivity index is 1.63. The fourth-order valence-electron chi connectivity index (χ4n) is 4.54. The Morgan fingerprint density at radius 1 is 1.16 bits per heavy atom. The molecule has 31 heavy (non-hydrogen) atoms. The number of aromatic nitrogens is 1. The van der Waals surface area contributed by atoms with Gasteiger partial charge in [0.1, 0.15) is 6.10 Å². The molecule has 3 saturated heterocycles. The van der Waals surface area contributed by atoms with Crippen molar-refractivity contribution in [2.75, 3.05) is 42.6 Å². The van der Waals surface area contributed by atoms with E-state index < -0.39 is 18.2 Å². The van der Waals surface area contributed by atoms with Gasteiger partial charge in [0.15, 0.2) is 17.9 Å². The number of halogens is 1. The van der Waals surface area contributed by atoms with E-state index in [9.17, 15) is 4.79 Å². The minimum Gasteiger partial charge on any atom is -0.444 e. The number of ether oxygens (including phenoxy) is 4. The number of cyclic esters (lactones) is 1. The van der Waals surface area contributed by atoms with Crippen LogP contribution < -0.4 is 9.80 Å². The van der Waals surface area contributed by atoms with Gasteiger partial charge in [0.25, 0.3) is 0 Å². The van der Waals surface area contributed by atoms with Gasteiger partial charge < -0.3 is 28.4 Å². The Hall–Kier alpha value is -2.43. The van der Waals surface area contributed by atoms with Crippen LogP contribution in [0.3, 0.4) is 0 Å². The first-order chi connectivity index (χ1) is 15.0. The van der Waals surface area contributed by atoms with Gasteiger partial charge in [-0.25, -0.2) is 9.18 Å². The van der Waals surface area contributed by atoms with Crippen molar-refractivity contribution in [3.63, 3.8) is 0 Å². The third-order valence-electron chi connectivity index (χ3n) is 5.89. The van der Waals surface area contributed by atoms with Gasteiger partial charge in [-0.1, -0.05) is 12.1 Å². The summed E-state index contributed by atoms with van der Waals surface area (Å²) in [6.45, 7) is 8.07. The van der Waals surface area contributed by atoms with Crippen LogP contribution in [0.15, 0.2) is 10.6 Å². The lowest BCUT2D eigenvalue weighted by Gasteiger charge is -2.38. The van der Waals surface area contributed by atoms with Crippen molar-refractivity contribution in [1.29, 1.82) is 0 Å². The van der Waals surface area contributed by atoms with E-state index >= 15 is 4.39 Å². The molecular formula is C21H26FN3O6. The summed E-state index contributed by atoms with van der Waals surface area (Å²) < 4.78 is 43.9. The molecule has 1 amide bonds. The van der Waals surface area contributed by atoms with Crippen LogP contribution in [0.5, 0.6) is 0 Å². The van der Waals surface area contributed by atoms with E-state index in [1.165, 1.54) is 4.90 Å². The summed E-state index contributed by atoms with van der Waals surface area (Å²) in [6.07, 6.45) is -0.906. The molecule has 0 radical (unpaired) electrons. The number of rotatable bonds is 4. The van der Waals surface area contributed by atoms with Crippen molar-refractivity contribution in [2.24, 2.45) is 0 Å². The average molecular weight is 435 g/mol. The number of anilines is 2. The molecule has 3 aliphatic rings. The van der Waals surface area contributed by atoms with E-state index in [-0.39, 0.29) is 29.7 Å². The summed E-state index contributed by atoms with van der Waals surface area (Å²) in [7, 11) is 0. The van der Waals surface area contributed by atoms with Crippen LogP contribution in [0.4, 0.5) is 20.7 Å². The fourth-order valence-corrected chi connectivity index (χ4v) is 4.54. The monoisotopic (exact) mass is 435 g/mol. The lowest BCUT2D eigenvalue weighted by molar-refractivity contribution is -0.0445. The summed E-state index contributed by atoms with van der Waals surface area (Å²) in [5.74, 6) is -0.310. The summed E-state index contributed by atoms with van der Waals surface area (Å²) in [5, 5.41) is 4.41. The van der Waals surface area contributed by atoms with Gasteiger partial charge in [-0.3, -0.25) is 4.90 Å². The van der Waals surface area contributed by atoms with E-state index in [0.717, 1.165) is 0 Å². The van der Waals surface area contributed by atoms with Gasteiger partial charge >= 0.3 is 6.09 Å². The molecule has 3 aliphatic heterocycles. The molecule has 3 atom stereocenters. The van der Waals surface area contributed by atoms with Crippen LogP contribution in [0.2, 0.25) is 0 Å². The molecule has 4 heterocycles. The first-order valence-corrected chi connectivity index (χ1v) is 10.7. The summed E-state index contributed by atoms with van der Waals surface area (Å²) >= 11 is 0. The Morgan fingerprint density at radius 2 is 1.87 bits per heavy atom. The second-order valence-corrected chi connectivity index (χ2v) is 8.27. The van der Waals surface area contributed by atoms with E-state index in [0.29, 0.717) is 55.9 Å². The normalized spacial score (nSPS) is 27.5. The van der Waals surface area contributed by atoms with E-state index in [4.69, 9.17) is 23.5 Å². The highest BCUT2D eigenvalue weighted by Gasteiger charge is 2.37. The summed E-state index contributed by atoms with van der Waals surface area (Å²) in [6, 6.07) is 1.76. The van der Waals surface area contributed by atoms with Crippen molar-refractivity contribution < 1.29 is 32.7 Å². The van der Waals surface area contributed by atoms with Crippen molar-refractivity contribution in [2.45, 2.75) is 51.8 Å². The zero-order chi connectivity index (χ0) is 21.7. The molecule has 9 nitrogen and oxygen atoms in total. The first kappa shape index (κ1) is 20.5. The van der Waals surface area contributed by atoms with Gasteiger partial charge in [0.2, 0.25) is 5.58 Å². The fraction of sp³-hybridized carbons (Fsp3) is 0.619. The number of carbonyl (C=O) groups is 1. The minimum atomic E-state index is -0.709. The largest absolute Gasteiger partial charge is 0.444 e. The number of carbonyl (C=O) groups excluding carboxylic acids is 1. The summed E-state index contributed by atoms with van der Waals surface area (Å²) in [4.78, 5) is 15.7. The highest BCUT2D eigenvalue weighted by Crippen LogP contribution is 2.42. The molecule has 0 bridgehead atoms. The van der Waals surface area contributed by atoms with Gasteiger partial charge in [-0.15, -0.1) is 0 Å². The number of amides is 1. The molecule has 168 valence electrons. The molecule has 0 saturated carbocycles. The molecule has 0 aliphatic carbocycles. The van der Waals surface area contributed by atoms with Gasteiger partial charge in [-0.2, -0.15) is 0 Å². The number of morpholine rings is 1. The third kappa shape index (κ3) is 3.52. The molecule has 3 fully saturated rings. The van der Waals surface area contributed by atoms with Gasteiger partial charge in [0.05, 0.1) is 43.0 Å². The molecule has 1 aromatic carbocycles. The van der Waals surface area contributed by atoms with Crippen molar-refractivity contribution in [3.05, 3.63) is 17.4 Å². The molecular weight excluding hydrogens is 409 g/mol. The zero-order valence-electron chi connectivity index (χ0n) is 17.8. The van der Waals surface area contributed by atoms with Crippen molar-refractivity contribution in [1.82, 2.24) is 5.16 Å². The molecule has 3 unspecified atom stereocenters. The van der Waals surface area contributed by atoms with Crippen molar-refractivity contribution >= 4 is 28.6 Å². The maximum absolute atomic E-state index is 15.9. The van der Waals surface area contributed by atoms with Gasteiger partial charge in [-0.05, 0) is 26.3 Å². The quantitative estimate of drug-likeness (QED) is 0.723. The number of nitrogens with zero attached hydrogens (tertiary/aromatic N) is 3. The van der Waals surface area contributed by atoms with Crippen LogP contribution in [-0.4, -0.2) is 62.4 Å². The Morgan fingerprint density at radius 3 is 2.52 bits per heavy atom. The van der Waals surface area contributed by atoms with Crippen LogP contribution >= 0.6 is 0 Å². The Kier molecular flexibility index (Phi) is 5.23. The zero-order valence-corrected chi connectivity index (χ0v) is 17.8. The average Bonchev–Trinajstić information content (AvgIpc) is 3.46. The lowest BCUT2D eigenvalue weighted by Crippen LogP contribution is -2.46. The minimum absolute atomic E-state index is 0.00806. The van der Waals surface area contributed by atoms with Crippen LogP contribution in [0.25, 0.3) is 11.0 Å². The third-order valence-corrected chi connectivity index (χ3v) is 5.89. The van der Waals surface area contributed by atoms with E-state index in [2.05, 4.69) is 5.16 Å². The number of hydrogen-bond acceptors (Lipinski definition) is 8. The smallest absolute Gasteiger partial charge is 0.416 e. The molecule has 0 spiro atoms. The molecule has 0 N–H and O–H groups in total. The standard InChI is InChI=1S/C21H26FN3O6/c1-4-13-10-25(21(26)30-13)19-15-7-14(20-27-5-6-28-20)17(16(22)18(15)31-23-19)24-8-11(2)29-12(3)9-24/h7,11-13,20H,4-6,8-10H2,1-3H3. The topological polar surface area (TPSA) is 86.5 Å². The highest BCUT2D eigenvalue weighted by atomic mass is 19.1. The van der Waals surface area contributed by atoms with Crippen LogP contribution in [-0.2, 0) is 18.9 Å². The molecule has 1 aromatic heterocycles. The first-order valence-electron chi connectivity index (χ1n) is 10.7. The van der Waals surface area contributed by atoms with Gasteiger partial charge in [0, 0.05) is 18.7 Å². The maximum Gasteiger partial charge on any atom is 0.416 e. The molecule has 5 rings (SSSR count). The second kappa shape index (κ2) is 7.92. The molecule has 10 heteroatoms. The summed E-state index contributed by atoms with van der Waals surface area (Å²) in [5.41, 5.74) is 0.902. The SMILES string of the molecule is CCC1CN(c2noc3c(F)c(N4CC(C)OC(C)C4)c(C4OCCO4)cc23)C(=O)O1. The van der Waals surface area contributed by atoms with Crippen molar-refractivity contribution in [3.8, 4) is 0 Å². The van der Waals surface area contributed by atoms with Crippen LogP contribution in [0, 0.1) is 5.82 Å².